The molecule has 158 valence electrons. The number of hydrogen-bond donors (Lipinski definition) is 1. The number of nitrogens with one attached hydrogen (secondary N) is 1. The number of alkyl halides is 2. The van der Waals surface area contributed by atoms with Gasteiger partial charge in [-0.15, -0.1) is 0 Å². The number of rotatable bonds is 9. The highest BCUT2D eigenvalue weighted by atomic mass is 32.2. The van der Waals surface area contributed by atoms with Crippen LogP contribution in [0.4, 0.5) is 19.3 Å². The first-order valence-corrected chi connectivity index (χ1v) is 10.8. The van der Waals surface area contributed by atoms with Gasteiger partial charge in [0.2, 0.25) is 0 Å². The summed E-state index contributed by atoms with van der Waals surface area (Å²) in [5.74, 6) is 0.249. The normalized spacial score (nSPS) is 18.2. The number of sulfone groups is 1. The highest BCUT2D eigenvalue weighted by Gasteiger charge is 2.34. The standard InChI is InChI=1S/C18H26F2N2O5S/c1-13-4-5-14(10-16(13)27-11-17(19)20)21-18(23)22(7-3-8-26-2)15-6-9-28(24,25)12-15/h4-5,10,15,17H,3,6-9,11-12H2,1-2H3,(H,21,23). The van der Waals surface area contributed by atoms with Crippen molar-refractivity contribution in [2.75, 3.05) is 43.7 Å². The molecular formula is C18H26F2N2O5S. The van der Waals surface area contributed by atoms with E-state index in [0.717, 1.165) is 0 Å². The molecule has 0 radical (unpaired) electrons. The van der Waals surface area contributed by atoms with Gasteiger partial charge in [0, 0.05) is 38.1 Å². The van der Waals surface area contributed by atoms with Crippen LogP contribution in [0.3, 0.4) is 0 Å². The number of amides is 2. The maximum atomic E-state index is 12.8. The molecule has 1 aliphatic heterocycles. The van der Waals surface area contributed by atoms with Crippen molar-refractivity contribution in [3.8, 4) is 5.75 Å². The Hall–Kier alpha value is -1.94. The van der Waals surface area contributed by atoms with E-state index in [4.69, 9.17) is 9.47 Å². The Kier molecular flexibility index (Phi) is 7.99. The lowest BCUT2D eigenvalue weighted by atomic mass is 10.2. The SMILES string of the molecule is COCCCN(C(=O)Nc1ccc(C)c(OCC(F)F)c1)C1CCS(=O)(=O)C1. The van der Waals surface area contributed by atoms with Gasteiger partial charge in [-0.3, -0.25) is 0 Å². The predicted molar refractivity (Wildman–Crippen MR) is 102 cm³/mol. The second-order valence-corrected chi connectivity index (χ2v) is 8.94. The van der Waals surface area contributed by atoms with E-state index in [1.54, 1.807) is 26.2 Å². The molecule has 28 heavy (non-hydrogen) atoms. The summed E-state index contributed by atoms with van der Waals surface area (Å²) in [5.41, 5.74) is 1.05. The largest absolute Gasteiger partial charge is 0.487 e. The van der Waals surface area contributed by atoms with Crippen LogP contribution in [-0.4, -0.2) is 70.2 Å². The monoisotopic (exact) mass is 420 g/mol. The Labute approximate surface area is 163 Å². The number of benzene rings is 1. The van der Waals surface area contributed by atoms with Gasteiger partial charge in [0.15, 0.2) is 9.84 Å². The average molecular weight is 420 g/mol. The van der Waals surface area contributed by atoms with E-state index in [1.807, 2.05) is 0 Å². The molecule has 0 bridgehead atoms. The fraction of sp³-hybridized carbons (Fsp3) is 0.611. The zero-order valence-corrected chi connectivity index (χ0v) is 16.8. The molecule has 1 fully saturated rings. The van der Waals surface area contributed by atoms with Crippen LogP contribution in [0, 0.1) is 6.92 Å². The van der Waals surface area contributed by atoms with Gasteiger partial charge in [0.05, 0.1) is 11.5 Å². The summed E-state index contributed by atoms with van der Waals surface area (Å²) in [7, 11) is -1.60. The van der Waals surface area contributed by atoms with Gasteiger partial charge >= 0.3 is 6.03 Å². The molecule has 1 atom stereocenters. The smallest absolute Gasteiger partial charge is 0.322 e. The topological polar surface area (TPSA) is 84.9 Å². The van der Waals surface area contributed by atoms with Gasteiger partial charge in [-0.05, 0) is 31.4 Å². The maximum absolute atomic E-state index is 12.8. The fourth-order valence-corrected chi connectivity index (χ4v) is 4.76. The zero-order valence-electron chi connectivity index (χ0n) is 16.0. The molecule has 0 aromatic heterocycles. The molecule has 7 nitrogen and oxygen atoms in total. The minimum absolute atomic E-state index is 0.0574. The van der Waals surface area contributed by atoms with Crippen LogP contribution in [0.25, 0.3) is 0 Å². The molecule has 0 saturated carbocycles. The quantitative estimate of drug-likeness (QED) is 0.621. The van der Waals surface area contributed by atoms with Gasteiger partial charge in [-0.1, -0.05) is 6.07 Å². The van der Waals surface area contributed by atoms with Crippen LogP contribution in [0.1, 0.15) is 18.4 Å². The fourth-order valence-electron chi connectivity index (χ4n) is 3.03. The van der Waals surface area contributed by atoms with Crippen molar-refractivity contribution in [1.82, 2.24) is 4.90 Å². The average Bonchev–Trinajstić information content (AvgIpc) is 2.98. The van der Waals surface area contributed by atoms with Crippen molar-refractivity contribution in [1.29, 1.82) is 0 Å². The van der Waals surface area contributed by atoms with Crippen molar-refractivity contribution >= 4 is 21.6 Å². The molecule has 1 aliphatic rings. The molecule has 10 heteroatoms. The van der Waals surface area contributed by atoms with E-state index < -0.39 is 34.9 Å². The summed E-state index contributed by atoms with van der Waals surface area (Å²) in [4.78, 5) is 14.3. The van der Waals surface area contributed by atoms with Crippen molar-refractivity contribution in [2.45, 2.75) is 32.2 Å². The molecule has 2 amide bonds. The second-order valence-electron chi connectivity index (χ2n) is 6.71. The number of urea groups is 1. The summed E-state index contributed by atoms with van der Waals surface area (Å²) < 4.78 is 58.5. The van der Waals surface area contributed by atoms with Gasteiger partial charge in [-0.25, -0.2) is 22.0 Å². The van der Waals surface area contributed by atoms with E-state index >= 15 is 0 Å². The summed E-state index contributed by atoms with van der Waals surface area (Å²) >= 11 is 0. The minimum atomic E-state index is -3.15. The van der Waals surface area contributed by atoms with Crippen LogP contribution in [0.5, 0.6) is 5.75 Å². The van der Waals surface area contributed by atoms with Gasteiger partial charge in [-0.2, -0.15) is 0 Å². The van der Waals surface area contributed by atoms with Crippen LogP contribution >= 0.6 is 0 Å². The van der Waals surface area contributed by atoms with E-state index in [0.29, 0.717) is 37.2 Å². The Bertz CT molecular complexity index is 773. The molecule has 0 aliphatic carbocycles. The number of methoxy groups -OCH3 is 1. The number of halogens is 2. The lowest BCUT2D eigenvalue weighted by Gasteiger charge is -2.28. The highest BCUT2D eigenvalue weighted by molar-refractivity contribution is 7.91. The minimum Gasteiger partial charge on any atom is -0.487 e. The Balaban J connectivity index is 2.10. The number of aryl methyl sites for hydroxylation is 1. The molecule has 1 N–H and O–H groups in total. The first-order valence-electron chi connectivity index (χ1n) is 9.00. The number of hydrogen-bond acceptors (Lipinski definition) is 5. The lowest BCUT2D eigenvalue weighted by molar-refractivity contribution is 0.0816. The molecule has 2 rings (SSSR count). The second kappa shape index (κ2) is 10.0. The van der Waals surface area contributed by atoms with Gasteiger partial charge in [0.1, 0.15) is 12.4 Å². The number of carbonyl (C=O) groups is 1. The first kappa shape index (κ1) is 22.4. The van der Waals surface area contributed by atoms with Gasteiger partial charge < -0.3 is 19.7 Å². The third-order valence-electron chi connectivity index (χ3n) is 4.46. The summed E-state index contributed by atoms with van der Waals surface area (Å²) in [5, 5.41) is 2.71. The van der Waals surface area contributed by atoms with Crippen LogP contribution in [0.15, 0.2) is 18.2 Å². The number of ether oxygens (including phenoxy) is 2. The third-order valence-corrected chi connectivity index (χ3v) is 6.21. The van der Waals surface area contributed by atoms with E-state index in [-0.39, 0.29) is 17.3 Å². The van der Waals surface area contributed by atoms with E-state index in [9.17, 15) is 22.0 Å². The molecule has 1 unspecified atom stereocenters. The summed E-state index contributed by atoms with van der Waals surface area (Å²) in [6.45, 7) is 1.77. The van der Waals surface area contributed by atoms with E-state index in [2.05, 4.69) is 5.32 Å². The van der Waals surface area contributed by atoms with Crippen molar-refractivity contribution in [3.05, 3.63) is 23.8 Å². The van der Waals surface area contributed by atoms with Crippen molar-refractivity contribution in [2.24, 2.45) is 0 Å². The van der Waals surface area contributed by atoms with Gasteiger partial charge in [0.25, 0.3) is 6.43 Å². The molecule has 1 saturated heterocycles. The number of carbonyl (C=O) groups excluding carboxylic acids is 1. The lowest BCUT2D eigenvalue weighted by Crippen LogP contribution is -2.44. The molecule has 1 aromatic rings. The van der Waals surface area contributed by atoms with Crippen LogP contribution < -0.4 is 10.1 Å². The molecule has 0 spiro atoms. The highest BCUT2D eigenvalue weighted by Crippen LogP contribution is 2.25. The van der Waals surface area contributed by atoms with Crippen molar-refractivity contribution < 1.29 is 31.5 Å². The summed E-state index contributed by atoms with van der Waals surface area (Å²) in [6.07, 6.45) is -1.64. The van der Waals surface area contributed by atoms with Crippen molar-refractivity contribution in [3.63, 3.8) is 0 Å². The van der Waals surface area contributed by atoms with Crippen LogP contribution in [-0.2, 0) is 14.6 Å². The molecular weight excluding hydrogens is 394 g/mol. The number of nitrogens with zero attached hydrogens (tertiary/aromatic N) is 1. The third kappa shape index (κ3) is 6.59. The van der Waals surface area contributed by atoms with Crippen LogP contribution in [0.2, 0.25) is 0 Å². The Morgan fingerprint density at radius 2 is 2.14 bits per heavy atom. The predicted octanol–water partition coefficient (Wildman–Crippen LogP) is 2.70. The molecule has 1 aromatic carbocycles. The zero-order chi connectivity index (χ0) is 20.7. The number of anilines is 1. The molecule has 1 heterocycles. The summed E-state index contributed by atoms with van der Waals surface area (Å²) in [6, 6.07) is 3.94. The Morgan fingerprint density at radius 3 is 2.75 bits per heavy atom. The Morgan fingerprint density at radius 1 is 1.39 bits per heavy atom. The first-order chi connectivity index (χ1) is 13.2. The van der Waals surface area contributed by atoms with E-state index in [1.165, 1.54) is 11.0 Å². The maximum Gasteiger partial charge on any atom is 0.322 e.